The highest BCUT2D eigenvalue weighted by Crippen LogP contribution is 2.26. The van der Waals surface area contributed by atoms with Crippen LogP contribution in [0.3, 0.4) is 0 Å². The minimum atomic E-state index is -0.257. The summed E-state index contributed by atoms with van der Waals surface area (Å²) in [5.74, 6) is 1.05. The Morgan fingerprint density at radius 1 is 1.37 bits per heavy atom. The molecule has 0 saturated heterocycles. The monoisotopic (exact) mass is 277 g/mol. The number of rotatable bonds is 3. The Morgan fingerprint density at radius 3 is 2.95 bits per heavy atom. The van der Waals surface area contributed by atoms with Crippen molar-refractivity contribution in [2.75, 3.05) is 0 Å². The summed E-state index contributed by atoms with van der Waals surface area (Å²) < 4.78 is 5.21. The summed E-state index contributed by atoms with van der Waals surface area (Å²) in [5, 5.41) is 8.51. The second-order valence-electron chi connectivity index (χ2n) is 4.44. The number of hydrogen-bond acceptors (Lipinski definition) is 5. The summed E-state index contributed by atoms with van der Waals surface area (Å²) in [7, 11) is 0. The van der Waals surface area contributed by atoms with Gasteiger partial charge in [0, 0.05) is 17.9 Å². The van der Waals surface area contributed by atoms with E-state index in [4.69, 9.17) is 21.0 Å². The molecule has 2 aromatic rings. The zero-order valence-corrected chi connectivity index (χ0v) is 11.1. The molecule has 5 nitrogen and oxygen atoms in total. The lowest BCUT2D eigenvalue weighted by Crippen LogP contribution is -1.99. The summed E-state index contributed by atoms with van der Waals surface area (Å²) in [5.41, 5.74) is 1.90. The number of halogens is 1. The van der Waals surface area contributed by atoms with Crippen molar-refractivity contribution in [3.05, 3.63) is 46.6 Å². The lowest BCUT2D eigenvalue weighted by atomic mass is 10.1. The van der Waals surface area contributed by atoms with Crippen LogP contribution in [0.4, 0.5) is 0 Å². The fraction of sp³-hybridized carbons (Fsp3) is 0.308. The highest BCUT2D eigenvalue weighted by molar-refractivity contribution is 6.31. The van der Waals surface area contributed by atoms with E-state index in [1.165, 1.54) is 0 Å². The first-order chi connectivity index (χ1) is 9.22. The third kappa shape index (κ3) is 2.61. The van der Waals surface area contributed by atoms with Crippen LogP contribution < -0.4 is 0 Å². The van der Waals surface area contributed by atoms with Crippen molar-refractivity contribution in [1.29, 1.82) is 0 Å². The molecule has 0 saturated carbocycles. The molecule has 1 unspecified atom stereocenters. The van der Waals surface area contributed by atoms with Gasteiger partial charge in [-0.3, -0.25) is 0 Å². The van der Waals surface area contributed by atoms with Gasteiger partial charge in [-0.05, 0) is 18.6 Å². The third-order valence-corrected chi connectivity index (χ3v) is 3.25. The van der Waals surface area contributed by atoms with Gasteiger partial charge in [-0.15, -0.1) is 0 Å². The van der Waals surface area contributed by atoms with Crippen LogP contribution in [0.1, 0.15) is 36.7 Å². The summed E-state index contributed by atoms with van der Waals surface area (Å²) in [6, 6.07) is 7.60. The molecule has 19 heavy (non-hydrogen) atoms. The molecular weight excluding hydrogens is 266 g/mol. The van der Waals surface area contributed by atoms with Crippen molar-refractivity contribution >= 4 is 17.3 Å². The van der Waals surface area contributed by atoms with E-state index in [9.17, 15) is 0 Å². The topological polar surface area (TPSA) is 60.5 Å². The predicted molar refractivity (Wildman–Crippen MR) is 70.1 cm³/mol. The molecule has 6 heteroatoms. The Bertz CT molecular complexity index is 624. The molecule has 1 atom stereocenters. The van der Waals surface area contributed by atoms with Crippen LogP contribution in [0, 0.1) is 0 Å². The Kier molecular flexibility index (Phi) is 3.21. The van der Waals surface area contributed by atoms with Crippen LogP contribution in [0.2, 0.25) is 5.02 Å². The molecule has 2 heterocycles. The Morgan fingerprint density at radius 2 is 2.21 bits per heavy atom. The quantitative estimate of drug-likeness (QED) is 0.865. The first-order valence-corrected chi connectivity index (χ1v) is 6.35. The zero-order chi connectivity index (χ0) is 13.2. The maximum Gasteiger partial charge on any atom is 0.270 e. The fourth-order valence-electron chi connectivity index (χ4n) is 1.91. The van der Waals surface area contributed by atoms with Crippen molar-refractivity contribution in [2.45, 2.75) is 25.9 Å². The number of aromatic nitrogens is 2. The summed E-state index contributed by atoms with van der Waals surface area (Å²) in [4.78, 5) is 9.53. The maximum absolute atomic E-state index is 6.10. The molecule has 0 amide bonds. The van der Waals surface area contributed by atoms with Crippen LogP contribution in [-0.4, -0.2) is 15.9 Å². The van der Waals surface area contributed by atoms with Gasteiger partial charge in [0.15, 0.2) is 5.82 Å². The first-order valence-electron chi connectivity index (χ1n) is 5.97. The van der Waals surface area contributed by atoms with E-state index >= 15 is 0 Å². The Hall–Kier alpha value is -1.88. The highest BCUT2D eigenvalue weighted by Gasteiger charge is 2.26. The lowest BCUT2D eigenvalue weighted by Gasteiger charge is -2.00. The lowest BCUT2D eigenvalue weighted by molar-refractivity contribution is 0.0599. The molecule has 98 valence electrons. The van der Waals surface area contributed by atoms with E-state index in [0.29, 0.717) is 29.6 Å². The molecule has 3 rings (SSSR count). The number of nitrogens with zero attached hydrogens (tertiary/aromatic N) is 3. The predicted octanol–water partition coefficient (Wildman–Crippen LogP) is 3.15. The van der Waals surface area contributed by atoms with E-state index in [2.05, 4.69) is 15.3 Å². The van der Waals surface area contributed by atoms with Gasteiger partial charge < -0.3 is 9.36 Å². The summed E-state index contributed by atoms with van der Waals surface area (Å²) >= 11 is 6.10. The van der Waals surface area contributed by atoms with Gasteiger partial charge in [-0.1, -0.05) is 40.1 Å². The van der Waals surface area contributed by atoms with E-state index in [-0.39, 0.29) is 6.10 Å². The van der Waals surface area contributed by atoms with Crippen LogP contribution in [-0.2, 0) is 11.3 Å². The van der Waals surface area contributed by atoms with Crippen molar-refractivity contribution in [3.63, 3.8) is 0 Å². The van der Waals surface area contributed by atoms with Crippen molar-refractivity contribution in [2.24, 2.45) is 5.16 Å². The van der Waals surface area contributed by atoms with Crippen molar-refractivity contribution in [3.8, 4) is 0 Å². The number of oxime groups is 1. The largest absolute Gasteiger partial charge is 0.382 e. The van der Waals surface area contributed by atoms with Crippen LogP contribution in [0.25, 0.3) is 0 Å². The number of hydrogen-bond donors (Lipinski definition) is 0. The van der Waals surface area contributed by atoms with Crippen LogP contribution >= 0.6 is 11.6 Å². The molecular formula is C13H12ClN3O2. The summed E-state index contributed by atoms with van der Waals surface area (Å²) in [6.45, 7) is 1.90. The van der Waals surface area contributed by atoms with E-state index < -0.39 is 0 Å². The smallest absolute Gasteiger partial charge is 0.270 e. The fourth-order valence-corrected chi connectivity index (χ4v) is 2.11. The highest BCUT2D eigenvalue weighted by atomic mass is 35.5. The van der Waals surface area contributed by atoms with E-state index in [0.717, 1.165) is 11.3 Å². The molecule has 0 spiro atoms. The third-order valence-electron chi connectivity index (χ3n) is 2.88. The molecule has 0 N–H and O–H groups in total. The van der Waals surface area contributed by atoms with Gasteiger partial charge in [-0.2, -0.15) is 4.98 Å². The van der Waals surface area contributed by atoms with E-state index in [1.54, 1.807) is 0 Å². The van der Waals surface area contributed by atoms with Crippen LogP contribution in [0.5, 0.6) is 0 Å². The van der Waals surface area contributed by atoms with Gasteiger partial charge in [0.05, 0.1) is 5.71 Å². The standard InChI is InChI=1S/C13H12ClN3O2/c1-8-6-11(18-16-8)13-15-12(17-19-13)7-9-4-2-3-5-10(9)14/h2-5,11H,6-7H2,1H3. The molecule has 1 aromatic heterocycles. The molecule has 0 radical (unpaired) electrons. The minimum Gasteiger partial charge on any atom is -0.382 e. The van der Waals surface area contributed by atoms with Gasteiger partial charge in [-0.25, -0.2) is 0 Å². The average Bonchev–Trinajstić information content (AvgIpc) is 3.01. The SMILES string of the molecule is CC1=NOC(c2nc(Cc3ccccc3Cl)no2)C1. The molecule has 0 fully saturated rings. The normalized spacial score (nSPS) is 18.2. The molecule has 1 aromatic carbocycles. The molecule has 0 aliphatic carbocycles. The maximum atomic E-state index is 6.10. The van der Waals surface area contributed by atoms with Crippen LogP contribution in [0.15, 0.2) is 33.9 Å². The zero-order valence-electron chi connectivity index (χ0n) is 10.3. The molecule has 0 bridgehead atoms. The van der Waals surface area contributed by atoms with Gasteiger partial charge in [0.1, 0.15) is 0 Å². The second kappa shape index (κ2) is 5.01. The van der Waals surface area contributed by atoms with Gasteiger partial charge >= 0.3 is 0 Å². The minimum absolute atomic E-state index is 0.257. The first kappa shape index (κ1) is 12.2. The van der Waals surface area contributed by atoms with Gasteiger partial charge in [0.25, 0.3) is 5.89 Å². The van der Waals surface area contributed by atoms with Crippen molar-refractivity contribution < 1.29 is 9.36 Å². The van der Waals surface area contributed by atoms with E-state index in [1.807, 2.05) is 31.2 Å². The van der Waals surface area contributed by atoms with Gasteiger partial charge in [0.2, 0.25) is 6.10 Å². The average molecular weight is 278 g/mol. The molecule has 1 aliphatic rings. The summed E-state index contributed by atoms with van der Waals surface area (Å²) in [6.07, 6.45) is 0.969. The van der Waals surface area contributed by atoms with Crippen molar-refractivity contribution in [1.82, 2.24) is 10.1 Å². The Balaban J connectivity index is 1.74. The second-order valence-corrected chi connectivity index (χ2v) is 4.85. The number of benzene rings is 1. The Labute approximate surface area is 115 Å². The molecule has 1 aliphatic heterocycles.